The number of benzene rings is 1. The summed E-state index contributed by atoms with van der Waals surface area (Å²) < 4.78 is 26.7. The van der Waals surface area contributed by atoms with E-state index in [9.17, 15) is 13.2 Å². The molecular formula is C13H19NO4S. The van der Waals surface area contributed by atoms with Crippen LogP contribution in [0.1, 0.15) is 24.5 Å². The van der Waals surface area contributed by atoms with Crippen molar-refractivity contribution in [3.63, 3.8) is 0 Å². The lowest BCUT2D eigenvalue weighted by Gasteiger charge is -2.13. The van der Waals surface area contributed by atoms with E-state index in [0.717, 1.165) is 5.56 Å². The van der Waals surface area contributed by atoms with E-state index in [1.165, 1.54) is 0 Å². The molecule has 106 valence electrons. The van der Waals surface area contributed by atoms with Crippen LogP contribution in [0.5, 0.6) is 0 Å². The first-order chi connectivity index (χ1) is 8.72. The smallest absolute Gasteiger partial charge is 0.303 e. The van der Waals surface area contributed by atoms with E-state index in [1.807, 2.05) is 13.0 Å². The van der Waals surface area contributed by atoms with Gasteiger partial charge >= 0.3 is 5.97 Å². The molecule has 19 heavy (non-hydrogen) atoms. The molecule has 0 aliphatic heterocycles. The van der Waals surface area contributed by atoms with Gasteiger partial charge in [0.05, 0.1) is 4.90 Å². The first-order valence-corrected chi connectivity index (χ1v) is 7.49. The molecule has 0 fully saturated rings. The molecule has 0 heterocycles. The fraction of sp³-hybridized carbons (Fsp3) is 0.462. The van der Waals surface area contributed by atoms with Crippen molar-refractivity contribution in [3.8, 4) is 0 Å². The normalized spacial score (nSPS) is 13.2. The van der Waals surface area contributed by atoms with Crippen LogP contribution in [-0.4, -0.2) is 26.0 Å². The lowest BCUT2D eigenvalue weighted by atomic mass is 10.1. The average Bonchev–Trinajstić information content (AvgIpc) is 2.29. The highest BCUT2D eigenvalue weighted by atomic mass is 32.2. The van der Waals surface area contributed by atoms with Gasteiger partial charge in [-0.3, -0.25) is 4.79 Å². The van der Waals surface area contributed by atoms with Crippen molar-refractivity contribution < 1.29 is 18.3 Å². The average molecular weight is 285 g/mol. The fourth-order valence-corrected chi connectivity index (χ4v) is 3.19. The summed E-state index contributed by atoms with van der Waals surface area (Å²) in [6, 6.07) is 5.21. The van der Waals surface area contributed by atoms with Crippen LogP contribution in [0.25, 0.3) is 0 Å². The molecule has 0 aliphatic carbocycles. The molecule has 0 radical (unpaired) electrons. The van der Waals surface area contributed by atoms with Gasteiger partial charge in [0.15, 0.2) is 0 Å². The van der Waals surface area contributed by atoms with Crippen molar-refractivity contribution in [1.82, 2.24) is 4.72 Å². The van der Waals surface area contributed by atoms with E-state index in [4.69, 9.17) is 5.11 Å². The maximum Gasteiger partial charge on any atom is 0.303 e. The molecule has 1 atom stereocenters. The van der Waals surface area contributed by atoms with E-state index in [2.05, 4.69) is 4.72 Å². The molecule has 0 amide bonds. The number of carbonyl (C=O) groups is 1. The Kier molecular flexibility index (Phi) is 5.08. The number of hydrogen-bond acceptors (Lipinski definition) is 3. The zero-order valence-corrected chi connectivity index (χ0v) is 12.1. The maximum absolute atomic E-state index is 12.1. The summed E-state index contributed by atoms with van der Waals surface area (Å²) in [5.74, 6) is -1.18. The topological polar surface area (TPSA) is 83.5 Å². The van der Waals surface area contributed by atoms with Crippen molar-refractivity contribution >= 4 is 16.0 Å². The Morgan fingerprint density at radius 3 is 2.58 bits per heavy atom. The third-order valence-corrected chi connectivity index (χ3v) is 4.34. The third kappa shape index (κ3) is 4.65. The predicted molar refractivity (Wildman–Crippen MR) is 72.5 cm³/mol. The van der Waals surface area contributed by atoms with Crippen LogP contribution in [-0.2, 0) is 14.8 Å². The quantitative estimate of drug-likeness (QED) is 0.833. The van der Waals surface area contributed by atoms with Gasteiger partial charge in [-0.15, -0.1) is 0 Å². The number of nitrogens with one attached hydrogen (secondary N) is 1. The highest BCUT2D eigenvalue weighted by Gasteiger charge is 2.18. The Bertz CT molecular complexity index is 566. The monoisotopic (exact) mass is 285 g/mol. The SMILES string of the molecule is Cc1ccc(C)c(S(=O)(=O)NCC(C)CC(=O)O)c1. The van der Waals surface area contributed by atoms with Crippen molar-refractivity contribution in [1.29, 1.82) is 0 Å². The van der Waals surface area contributed by atoms with Crippen LogP contribution >= 0.6 is 0 Å². The van der Waals surface area contributed by atoms with Gasteiger partial charge in [-0.05, 0) is 37.0 Å². The summed E-state index contributed by atoms with van der Waals surface area (Å²) in [4.78, 5) is 10.8. The minimum atomic E-state index is -3.59. The molecule has 5 nitrogen and oxygen atoms in total. The summed E-state index contributed by atoms with van der Waals surface area (Å²) in [6.07, 6.45) is -0.0602. The standard InChI is InChI=1S/C13H19NO4S/c1-9-4-5-11(3)12(6-9)19(17,18)14-8-10(2)7-13(15)16/h4-6,10,14H,7-8H2,1-3H3,(H,15,16). The molecule has 2 N–H and O–H groups in total. The van der Waals surface area contributed by atoms with Crippen molar-refractivity contribution in [2.75, 3.05) is 6.54 Å². The molecule has 0 saturated heterocycles. The number of aryl methyl sites for hydroxylation is 2. The van der Waals surface area contributed by atoms with Crippen molar-refractivity contribution in [2.45, 2.75) is 32.1 Å². The number of rotatable bonds is 6. The Balaban J connectivity index is 2.81. The molecule has 0 spiro atoms. The van der Waals surface area contributed by atoms with E-state index in [-0.39, 0.29) is 23.8 Å². The molecule has 1 aromatic carbocycles. The van der Waals surface area contributed by atoms with Gasteiger partial charge in [-0.1, -0.05) is 19.1 Å². The zero-order chi connectivity index (χ0) is 14.6. The van der Waals surface area contributed by atoms with Gasteiger partial charge in [0, 0.05) is 13.0 Å². The van der Waals surface area contributed by atoms with Gasteiger partial charge in [-0.25, -0.2) is 13.1 Å². The molecule has 0 saturated carbocycles. The number of aliphatic carboxylic acids is 1. The molecule has 1 aromatic rings. The summed E-state index contributed by atoms with van der Waals surface area (Å²) in [5.41, 5.74) is 1.54. The Hall–Kier alpha value is -1.40. The van der Waals surface area contributed by atoms with Gasteiger partial charge < -0.3 is 5.11 Å². The van der Waals surface area contributed by atoms with Crippen LogP contribution in [0.3, 0.4) is 0 Å². The second-order valence-corrected chi connectivity index (χ2v) is 6.56. The lowest BCUT2D eigenvalue weighted by Crippen LogP contribution is -2.29. The fourth-order valence-electron chi connectivity index (χ4n) is 1.70. The van der Waals surface area contributed by atoms with Crippen LogP contribution < -0.4 is 4.72 Å². The van der Waals surface area contributed by atoms with E-state index in [0.29, 0.717) is 5.56 Å². The molecule has 0 aliphatic rings. The zero-order valence-electron chi connectivity index (χ0n) is 11.3. The second kappa shape index (κ2) is 6.16. The Morgan fingerprint density at radius 2 is 2.00 bits per heavy atom. The van der Waals surface area contributed by atoms with Gasteiger partial charge in [0.25, 0.3) is 0 Å². The molecular weight excluding hydrogens is 266 g/mol. The maximum atomic E-state index is 12.1. The van der Waals surface area contributed by atoms with Gasteiger partial charge in [0.1, 0.15) is 0 Å². The van der Waals surface area contributed by atoms with E-state index < -0.39 is 16.0 Å². The molecule has 1 rings (SSSR count). The summed E-state index contributed by atoms with van der Waals surface area (Å²) in [5, 5.41) is 8.63. The third-order valence-electron chi connectivity index (χ3n) is 2.78. The Morgan fingerprint density at radius 1 is 1.37 bits per heavy atom. The number of carboxylic acids is 1. The summed E-state index contributed by atoms with van der Waals surface area (Å²) in [6.45, 7) is 5.36. The highest BCUT2D eigenvalue weighted by Crippen LogP contribution is 2.16. The largest absolute Gasteiger partial charge is 0.481 e. The first kappa shape index (κ1) is 15.7. The highest BCUT2D eigenvalue weighted by molar-refractivity contribution is 7.89. The minimum Gasteiger partial charge on any atom is -0.481 e. The number of sulfonamides is 1. The van der Waals surface area contributed by atoms with Crippen LogP contribution in [0.15, 0.2) is 23.1 Å². The molecule has 6 heteroatoms. The van der Waals surface area contributed by atoms with Crippen LogP contribution in [0.4, 0.5) is 0 Å². The number of hydrogen-bond donors (Lipinski definition) is 2. The minimum absolute atomic E-state index is 0.0602. The lowest BCUT2D eigenvalue weighted by molar-refractivity contribution is -0.137. The van der Waals surface area contributed by atoms with Crippen molar-refractivity contribution in [3.05, 3.63) is 29.3 Å². The summed E-state index contributed by atoms with van der Waals surface area (Å²) >= 11 is 0. The Labute approximate surface area is 113 Å². The van der Waals surface area contributed by atoms with Gasteiger partial charge in [-0.2, -0.15) is 0 Å². The number of carboxylic acid groups (broad SMARTS) is 1. The molecule has 1 unspecified atom stereocenters. The molecule has 0 aromatic heterocycles. The van der Waals surface area contributed by atoms with E-state index in [1.54, 1.807) is 26.0 Å². The second-order valence-electron chi connectivity index (χ2n) is 4.82. The van der Waals surface area contributed by atoms with Crippen LogP contribution in [0.2, 0.25) is 0 Å². The van der Waals surface area contributed by atoms with Crippen LogP contribution in [0, 0.1) is 19.8 Å². The summed E-state index contributed by atoms with van der Waals surface area (Å²) in [7, 11) is -3.59. The van der Waals surface area contributed by atoms with Crippen molar-refractivity contribution in [2.24, 2.45) is 5.92 Å². The molecule has 0 bridgehead atoms. The van der Waals surface area contributed by atoms with Gasteiger partial charge in [0.2, 0.25) is 10.0 Å². The predicted octanol–water partition coefficient (Wildman–Crippen LogP) is 1.69. The van der Waals surface area contributed by atoms with E-state index >= 15 is 0 Å². The first-order valence-electron chi connectivity index (χ1n) is 6.01.